The second kappa shape index (κ2) is 11.9. The van der Waals surface area contributed by atoms with Crippen molar-refractivity contribution in [2.45, 2.75) is 12.8 Å². The Balaban J connectivity index is 0.000000313. The molecule has 0 N–H and O–H groups in total. The molecule has 21 heavy (non-hydrogen) atoms. The van der Waals surface area contributed by atoms with Crippen molar-refractivity contribution in [3.8, 4) is 0 Å². The molecular formula is C16H18FeN2S2. The number of hydrogen-bond acceptors (Lipinski definition) is 4. The van der Waals surface area contributed by atoms with Gasteiger partial charge >= 0.3 is 17.1 Å². The van der Waals surface area contributed by atoms with Crippen molar-refractivity contribution in [2.75, 3.05) is 11.5 Å². The first kappa shape index (κ1) is 18.3. The van der Waals surface area contributed by atoms with Crippen LogP contribution in [0.15, 0.2) is 64.8 Å². The summed E-state index contributed by atoms with van der Waals surface area (Å²) in [6.45, 7) is 0. The zero-order valence-electron chi connectivity index (χ0n) is 11.7. The first-order valence-electron chi connectivity index (χ1n) is 6.70. The van der Waals surface area contributed by atoms with Crippen LogP contribution in [0.25, 0.3) is 0 Å². The summed E-state index contributed by atoms with van der Waals surface area (Å²) in [6.07, 6.45) is 4.39. The predicted octanol–water partition coefficient (Wildman–Crippen LogP) is 4.76. The molecule has 1 fully saturated rings. The molecule has 0 aromatic heterocycles. The molecule has 0 atom stereocenters. The summed E-state index contributed by atoms with van der Waals surface area (Å²) in [7, 11) is 0. The van der Waals surface area contributed by atoms with Gasteiger partial charge in [-0.25, -0.2) is 24.3 Å². The van der Waals surface area contributed by atoms with Crippen LogP contribution in [-0.2, 0) is 17.1 Å². The maximum atomic E-state index is 4.23. The second-order valence-corrected chi connectivity index (χ2v) is 6.62. The average Bonchev–Trinajstić information content (AvgIpc) is 3.13. The van der Waals surface area contributed by atoms with Crippen molar-refractivity contribution in [1.82, 2.24) is 0 Å². The van der Waals surface area contributed by atoms with Gasteiger partial charge in [-0.2, -0.15) is 35.4 Å². The van der Waals surface area contributed by atoms with Crippen molar-refractivity contribution >= 4 is 34.1 Å². The molecule has 2 nitrogen and oxygen atoms in total. The minimum Gasteiger partial charge on any atom is -0.214 e. The van der Waals surface area contributed by atoms with Crippen LogP contribution in [0.2, 0.25) is 0 Å². The Labute approximate surface area is 145 Å². The number of nitrogens with zero attached hydrogens (tertiary/aromatic N) is 2. The molecule has 5 heteroatoms. The summed E-state index contributed by atoms with van der Waals surface area (Å²) >= 11 is 3.64. The molecule has 2 aromatic carbocycles. The van der Waals surface area contributed by atoms with E-state index in [1.807, 2.05) is 78.1 Å². The molecule has 0 radical (unpaired) electrons. The van der Waals surface area contributed by atoms with Gasteiger partial charge in [0.2, 0.25) is 0 Å². The quantitative estimate of drug-likeness (QED) is 0.335. The summed E-state index contributed by atoms with van der Waals surface area (Å²) in [6, 6.07) is 18.1. The molecule has 3 rings (SSSR count). The van der Waals surface area contributed by atoms with Gasteiger partial charge in [0.25, 0.3) is 0 Å². The third-order valence-corrected chi connectivity index (χ3v) is 4.93. The Hall–Kier alpha value is -0.741. The fourth-order valence-electron chi connectivity index (χ4n) is 1.56. The third-order valence-electron chi connectivity index (χ3n) is 2.58. The van der Waals surface area contributed by atoms with Crippen LogP contribution < -0.4 is 0 Å². The van der Waals surface area contributed by atoms with Crippen LogP contribution in [0.5, 0.6) is 0 Å². The van der Waals surface area contributed by atoms with Crippen molar-refractivity contribution in [2.24, 2.45) is 10.2 Å². The van der Waals surface area contributed by atoms with Gasteiger partial charge in [-0.3, -0.25) is 0 Å². The van der Waals surface area contributed by atoms with Gasteiger partial charge in [0.15, 0.2) is 4.38 Å². The summed E-state index contributed by atoms with van der Waals surface area (Å²) in [5.74, 6) is 2.36. The van der Waals surface area contributed by atoms with E-state index in [2.05, 4.69) is 10.2 Å². The summed E-state index contributed by atoms with van der Waals surface area (Å²) in [5.41, 5.74) is 1.11. The van der Waals surface area contributed by atoms with Crippen LogP contribution in [-0.4, -0.2) is 22.1 Å². The first-order valence-corrected chi connectivity index (χ1v) is 8.67. The molecule has 0 spiro atoms. The van der Waals surface area contributed by atoms with Crippen molar-refractivity contribution in [3.05, 3.63) is 60.2 Å². The number of thioether (sulfide) groups is 2. The van der Waals surface area contributed by atoms with Crippen LogP contribution in [0, 0.1) is 0 Å². The summed E-state index contributed by atoms with van der Waals surface area (Å²) in [5, 5.41) is 8.33. The van der Waals surface area contributed by atoms with Crippen molar-refractivity contribution in [1.29, 1.82) is 0 Å². The van der Waals surface area contributed by atoms with Gasteiger partial charge in [0.1, 0.15) is 0 Å². The normalized spacial score (nSPS) is 14.8. The average molecular weight is 358 g/mol. The van der Waals surface area contributed by atoms with Gasteiger partial charge in [0, 0.05) is 17.7 Å². The maximum absolute atomic E-state index is 4.23. The number of rotatable bonds is 2. The van der Waals surface area contributed by atoms with E-state index >= 15 is 0 Å². The molecule has 1 heterocycles. The fourth-order valence-corrected chi connectivity index (χ4v) is 3.65. The van der Waals surface area contributed by atoms with Crippen molar-refractivity contribution < 1.29 is 17.1 Å². The molecule has 2 aromatic rings. The maximum Gasteiger partial charge on any atom is 2.00 e. The molecule has 0 aliphatic carbocycles. The molecule has 112 valence electrons. The van der Waals surface area contributed by atoms with Crippen LogP contribution in [0.4, 0.5) is 0 Å². The fraction of sp³-hybridized carbons (Fsp3) is 0.250. The van der Waals surface area contributed by atoms with E-state index in [0.29, 0.717) is 0 Å². The minimum absolute atomic E-state index is 0. The van der Waals surface area contributed by atoms with E-state index in [4.69, 9.17) is 0 Å². The zero-order chi connectivity index (χ0) is 13.9. The summed E-state index contributed by atoms with van der Waals surface area (Å²) < 4.78 is 1.11. The van der Waals surface area contributed by atoms with E-state index in [-0.39, 0.29) is 17.1 Å². The van der Waals surface area contributed by atoms with E-state index in [9.17, 15) is 0 Å². The second-order valence-electron chi connectivity index (χ2n) is 4.19. The monoisotopic (exact) mass is 358 g/mol. The van der Waals surface area contributed by atoms with Gasteiger partial charge in [0.05, 0.1) is 0 Å². The first-order chi connectivity index (χ1) is 9.95. The predicted molar refractivity (Wildman–Crippen MR) is 93.2 cm³/mol. The van der Waals surface area contributed by atoms with E-state index in [1.165, 1.54) is 24.3 Å². The Morgan fingerprint density at radius 2 is 1.62 bits per heavy atom. The zero-order valence-corrected chi connectivity index (χ0v) is 14.4. The Morgan fingerprint density at radius 3 is 2.14 bits per heavy atom. The molecule has 0 amide bonds. The van der Waals surface area contributed by atoms with E-state index in [0.717, 1.165) is 9.94 Å². The van der Waals surface area contributed by atoms with Gasteiger partial charge in [-0.1, -0.05) is 23.5 Å². The SMILES string of the molecule is C(=NN=C1SCCCCS1)[c-]1cccc1.[Fe+2].c1cc[cH-]c1. The Morgan fingerprint density at radius 1 is 1.00 bits per heavy atom. The minimum atomic E-state index is 0. The topological polar surface area (TPSA) is 24.7 Å². The van der Waals surface area contributed by atoms with Crippen molar-refractivity contribution in [3.63, 3.8) is 0 Å². The van der Waals surface area contributed by atoms with Crippen LogP contribution >= 0.6 is 23.5 Å². The molecule has 0 saturated carbocycles. The van der Waals surface area contributed by atoms with Crippen LogP contribution in [0.3, 0.4) is 0 Å². The standard InChI is InChI=1S/C11H13N2S2.C5H5.Fe/c1-2-6-10(5-1)9-12-13-11-14-7-3-4-8-15-11;1-2-4-5-3-1;/h1-2,5-6,9H,3-4,7-8H2;1-5H;/q2*-1;+2. The Bertz CT molecular complexity index is 477. The molecule has 1 aliphatic heterocycles. The summed E-state index contributed by atoms with van der Waals surface area (Å²) in [4.78, 5) is 0. The number of hydrogen-bond donors (Lipinski definition) is 0. The van der Waals surface area contributed by atoms with Gasteiger partial charge in [-0.05, 0) is 12.8 Å². The largest absolute Gasteiger partial charge is 2.00 e. The molecule has 1 saturated heterocycles. The smallest absolute Gasteiger partial charge is 0.214 e. The molecule has 1 aliphatic rings. The van der Waals surface area contributed by atoms with Gasteiger partial charge in [-0.15, -0.1) is 10.7 Å². The molecular weight excluding hydrogens is 340 g/mol. The molecule has 0 unspecified atom stereocenters. The van der Waals surface area contributed by atoms with E-state index in [1.54, 1.807) is 6.21 Å². The molecule has 0 bridgehead atoms. The van der Waals surface area contributed by atoms with E-state index < -0.39 is 0 Å². The Kier molecular flexibility index (Phi) is 10.3. The van der Waals surface area contributed by atoms with Crippen LogP contribution in [0.1, 0.15) is 18.4 Å². The third kappa shape index (κ3) is 8.32. The van der Waals surface area contributed by atoms with Gasteiger partial charge < -0.3 is 0 Å².